The highest BCUT2D eigenvalue weighted by Crippen LogP contribution is 2.37. The number of ketones is 1. The largest absolute Gasteiger partial charge is 0.493 e. The molecule has 0 fully saturated rings. The van der Waals surface area contributed by atoms with Gasteiger partial charge >= 0.3 is 0 Å². The average Bonchev–Trinajstić information content (AvgIpc) is 2.65. The van der Waals surface area contributed by atoms with Crippen molar-refractivity contribution < 1.29 is 23.7 Å². The molecule has 0 saturated carbocycles. The van der Waals surface area contributed by atoms with E-state index in [-0.39, 0.29) is 17.3 Å². The van der Waals surface area contributed by atoms with Crippen LogP contribution in [0.25, 0.3) is 5.76 Å². The van der Waals surface area contributed by atoms with Crippen LogP contribution in [0, 0.1) is 0 Å². The van der Waals surface area contributed by atoms with Crippen molar-refractivity contribution in [2.24, 2.45) is 0 Å². The molecule has 2 aromatic carbocycles. The fourth-order valence-corrected chi connectivity index (χ4v) is 2.40. The van der Waals surface area contributed by atoms with Crippen molar-refractivity contribution in [1.82, 2.24) is 0 Å². The van der Waals surface area contributed by atoms with E-state index in [9.17, 15) is 4.79 Å². The van der Waals surface area contributed by atoms with Gasteiger partial charge in [-0.05, 0) is 12.1 Å². The summed E-state index contributed by atoms with van der Waals surface area (Å²) in [5.41, 5.74) is 1.08. The molecule has 24 heavy (non-hydrogen) atoms. The van der Waals surface area contributed by atoms with Crippen molar-refractivity contribution in [2.75, 3.05) is 28.4 Å². The predicted octanol–water partition coefficient (Wildman–Crippen LogP) is 3.55. The molecule has 0 aliphatic carbocycles. The summed E-state index contributed by atoms with van der Waals surface area (Å²) in [4.78, 5) is 12.8. The smallest absolute Gasteiger partial charge is 0.231 e. The molecule has 0 N–H and O–H groups in total. The molecule has 0 radical (unpaired) electrons. The first kappa shape index (κ1) is 17.4. The maximum atomic E-state index is 12.8. The van der Waals surface area contributed by atoms with Gasteiger partial charge in [-0.3, -0.25) is 4.79 Å². The van der Waals surface area contributed by atoms with E-state index in [2.05, 4.69) is 0 Å². The number of hydrogen-bond donors (Lipinski definition) is 0. The molecule has 0 unspecified atom stereocenters. The quantitative estimate of drug-likeness (QED) is 0.442. The molecule has 0 spiro atoms. The van der Waals surface area contributed by atoms with Crippen molar-refractivity contribution in [2.45, 2.75) is 0 Å². The molecule has 126 valence electrons. The van der Waals surface area contributed by atoms with Crippen LogP contribution in [0.5, 0.6) is 11.5 Å². The number of benzene rings is 2. The number of carbonyl (C=O) groups is 1. The number of methoxy groups -OCH3 is 4. The van der Waals surface area contributed by atoms with Crippen molar-refractivity contribution in [3.8, 4) is 11.5 Å². The first-order valence-electron chi connectivity index (χ1n) is 7.31. The highest BCUT2D eigenvalue weighted by atomic mass is 16.5. The van der Waals surface area contributed by atoms with Crippen LogP contribution in [0.15, 0.2) is 54.3 Å². The summed E-state index contributed by atoms with van der Waals surface area (Å²) in [5, 5.41) is 0. The van der Waals surface area contributed by atoms with E-state index in [0.29, 0.717) is 22.6 Å². The van der Waals surface area contributed by atoms with Gasteiger partial charge in [0.1, 0.15) is 0 Å². The Balaban J connectivity index is 2.63. The lowest BCUT2D eigenvalue weighted by atomic mass is 10.0. The van der Waals surface area contributed by atoms with Crippen molar-refractivity contribution >= 4 is 11.5 Å². The Labute approximate surface area is 141 Å². The zero-order valence-corrected chi connectivity index (χ0v) is 14.2. The molecular formula is C19H20O5. The lowest BCUT2D eigenvalue weighted by Crippen LogP contribution is -2.10. The predicted molar refractivity (Wildman–Crippen MR) is 91.3 cm³/mol. The molecule has 0 amide bonds. The summed E-state index contributed by atoms with van der Waals surface area (Å²) in [6.45, 7) is 0. The van der Waals surface area contributed by atoms with Crippen molar-refractivity contribution in [3.63, 3.8) is 0 Å². The fourth-order valence-electron chi connectivity index (χ4n) is 2.40. The molecule has 2 rings (SSSR count). The first-order chi connectivity index (χ1) is 11.7. The Morgan fingerprint density at radius 1 is 0.792 bits per heavy atom. The Kier molecular flexibility index (Phi) is 5.84. The minimum atomic E-state index is -0.278. The molecule has 0 aromatic heterocycles. The molecule has 5 nitrogen and oxygen atoms in total. The van der Waals surface area contributed by atoms with Gasteiger partial charge in [0.05, 0.1) is 34.0 Å². The SMILES string of the molecule is COC(C(=O)c1ccccc1)=C(OC)c1cccc(OC)c1OC. The van der Waals surface area contributed by atoms with E-state index in [1.807, 2.05) is 6.07 Å². The normalized spacial score (nSPS) is 11.3. The topological polar surface area (TPSA) is 54.0 Å². The average molecular weight is 328 g/mol. The minimum absolute atomic E-state index is 0.0928. The third kappa shape index (κ3) is 3.35. The number of para-hydroxylation sites is 1. The molecule has 0 heterocycles. The number of rotatable bonds is 7. The number of allylic oxidation sites excluding steroid dienone is 1. The van der Waals surface area contributed by atoms with Crippen LogP contribution in [-0.4, -0.2) is 34.2 Å². The lowest BCUT2D eigenvalue weighted by molar-refractivity contribution is 0.0947. The Hall–Kier alpha value is -2.95. The molecule has 0 aliphatic rings. The van der Waals surface area contributed by atoms with Gasteiger partial charge in [0.25, 0.3) is 0 Å². The van der Waals surface area contributed by atoms with Gasteiger partial charge in [-0.25, -0.2) is 0 Å². The fraction of sp³-hybridized carbons (Fsp3) is 0.211. The second-order valence-corrected chi connectivity index (χ2v) is 4.80. The maximum Gasteiger partial charge on any atom is 0.231 e. The van der Waals surface area contributed by atoms with E-state index in [4.69, 9.17) is 18.9 Å². The number of Topliss-reactive ketones (excluding diaryl/α,β-unsaturated/α-hetero) is 1. The molecule has 2 aromatic rings. The van der Waals surface area contributed by atoms with Crippen LogP contribution in [0.2, 0.25) is 0 Å². The van der Waals surface area contributed by atoms with Crippen LogP contribution >= 0.6 is 0 Å². The van der Waals surface area contributed by atoms with Gasteiger partial charge < -0.3 is 18.9 Å². The summed E-state index contributed by atoms with van der Waals surface area (Å²) >= 11 is 0. The van der Waals surface area contributed by atoms with Crippen LogP contribution < -0.4 is 9.47 Å². The summed E-state index contributed by atoms with van der Waals surface area (Å²) in [7, 11) is 5.98. The summed E-state index contributed by atoms with van der Waals surface area (Å²) < 4.78 is 21.6. The van der Waals surface area contributed by atoms with E-state index < -0.39 is 0 Å². The van der Waals surface area contributed by atoms with Gasteiger partial charge in [0, 0.05) is 5.56 Å². The Morgan fingerprint density at radius 3 is 2.04 bits per heavy atom. The van der Waals surface area contributed by atoms with Gasteiger partial charge in [-0.15, -0.1) is 0 Å². The lowest BCUT2D eigenvalue weighted by Gasteiger charge is -2.17. The minimum Gasteiger partial charge on any atom is -0.493 e. The van der Waals surface area contributed by atoms with Gasteiger partial charge in [0.2, 0.25) is 11.5 Å². The number of carbonyl (C=O) groups excluding carboxylic acids is 1. The molecule has 0 aliphatic heterocycles. The Morgan fingerprint density at radius 2 is 1.50 bits per heavy atom. The zero-order valence-electron chi connectivity index (χ0n) is 14.2. The maximum absolute atomic E-state index is 12.8. The van der Waals surface area contributed by atoms with Gasteiger partial charge in [-0.2, -0.15) is 0 Å². The Bertz CT molecular complexity index is 735. The highest BCUT2D eigenvalue weighted by Gasteiger charge is 2.24. The van der Waals surface area contributed by atoms with E-state index in [0.717, 1.165) is 0 Å². The third-order valence-corrected chi connectivity index (χ3v) is 3.50. The van der Waals surface area contributed by atoms with Crippen LogP contribution in [0.4, 0.5) is 0 Å². The zero-order chi connectivity index (χ0) is 17.5. The number of hydrogen-bond acceptors (Lipinski definition) is 5. The molecule has 0 atom stereocenters. The molecule has 5 heteroatoms. The molecular weight excluding hydrogens is 308 g/mol. The van der Waals surface area contributed by atoms with E-state index >= 15 is 0 Å². The second-order valence-electron chi connectivity index (χ2n) is 4.80. The van der Waals surface area contributed by atoms with Crippen molar-refractivity contribution in [3.05, 3.63) is 65.4 Å². The third-order valence-electron chi connectivity index (χ3n) is 3.50. The number of ether oxygens (including phenoxy) is 4. The standard InChI is InChI=1S/C19H20O5/c1-21-15-12-8-11-14(17(15)22-2)18(23-3)19(24-4)16(20)13-9-6-5-7-10-13/h5-12H,1-4H3. The monoisotopic (exact) mass is 328 g/mol. The van der Waals surface area contributed by atoms with Gasteiger partial charge in [0.15, 0.2) is 17.3 Å². The summed E-state index contributed by atoms with van der Waals surface area (Å²) in [6, 6.07) is 14.2. The van der Waals surface area contributed by atoms with Crippen LogP contribution in [0.1, 0.15) is 15.9 Å². The van der Waals surface area contributed by atoms with Crippen LogP contribution in [-0.2, 0) is 9.47 Å². The van der Waals surface area contributed by atoms with E-state index in [1.54, 1.807) is 49.6 Å². The highest BCUT2D eigenvalue weighted by molar-refractivity contribution is 6.11. The van der Waals surface area contributed by atoms with Crippen LogP contribution in [0.3, 0.4) is 0 Å². The van der Waals surface area contributed by atoms with Crippen molar-refractivity contribution in [1.29, 1.82) is 0 Å². The van der Waals surface area contributed by atoms with E-state index in [1.165, 1.54) is 21.3 Å². The first-order valence-corrected chi connectivity index (χ1v) is 7.31. The summed E-state index contributed by atoms with van der Waals surface area (Å²) in [6.07, 6.45) is 0. The second kappa shape index (κ2) is 8.06. The summed E-state index contributed by atoms with van der Waals surface area (Å²) in [5.74, 6) is 1.09. The molecule has 0 bridgehead atoms. The van der Waals surface area contributed by atoms with Gasteiger partial charge in [-0.1, -0.05) is 36.4 Å². The molecule has 0 saturated heterocycles.